The van der Waals surface area contributed by atoms with E-state index in [1.54, 1.807) is 31.4 Å². The topological polar surface area (TPSA) is 111 Å². The van der Waals surface area contributed by atoms with E-state index < -0.39 is 10.0 Å². The number of aryl methyl sites for hydroxylation is 1. The third-order valence-electron chi connectivity index (χ3n) is 5.78. The number of aromatic nitrogens is 2. The predicted octanol–water partition coefficient (Wildman–Crippen LogP) is 1.30. The number of benzene rings is 2. The highest BCUT2D eigenvalue weighted by atomic mass is 32.2. The summed E-state index contributed by atoms with van der Waals surface area (Å²) in [6, 6.07) is 12.7. The van der Waals surface area contributed by atoms with Crippen molar-refractivity contribution < 1.29 is 17.9 Å². The summed E-state index contributed by atoms with van der Waals surface area (Å²) >= 11 is 0. The summed E-state index contributed by atoms with van der Waals surface area (Å²) in [4.78, 5) is 28.9. The molecular weight excluding hydrogens is 444 g/mol. The lowest BCUT2D eigenvalue weighted by Crippen LogP contribution is -2.40. The van der Waals surface area contributed by atoms with E-state index in [2.05, 4.69) is 10.3 Å². The van der Waals surface area contributed by atoms with Gasteiger partial charge >= 0.3 is 0 Å². The number of carbonyl (C=O) groups excluding carboxylic acids is 1. The SMILES string of the molecule is COc1ccc2c(c1)CCN(S(=O)(=O)CCNC(=O)CCn1cnc3ccccc3c1=O)C2. The first-order valence-electron chi connectivity index (χ1n) is 10.7. The molecule has 9 nitrogen and oxygen atoms in total. The molecule has 10 heteroatoms. The van der Waals surface area contributed by atoms with Crippen molar-refractivity contribution in [2.75, 3.05) is 26.0 Å². The summed E-state index contributed by atoms with van der Waals surface area (Å²) in [5.41, 5.74) is 2.45. The van der Waals surface area contributed by atoms with Gasteiger partial charge in [0.15, 0.2) is 0 Å². The van der Waals surface area contributed by atoms with Crippen molar-refractivity contribution >= 4 is 26.8 Å². The Hall–Kier alpha value is -3.24. The third-order valence-corrected chi connectivity index (χ3v) is 7.60. The van der Waals surface area contributed by atoms with Gasteiger partial charge in [0.1, 0.15) is 5.75 Å². The minimum absolute atomic E-state index is 0.0119. The first kappa shape index (κ1) is 22.9. The van der Waals surface area contributed by atoms with Crippen LogP contribution in [0.4, 0.5) is 0 Å². The zero-order chi connectivity index (χ0) is 23.4. The fourth-order valence-electron chi connectivity index (χ4n) is 3.89. The Morgan fingerprint density at radius 2 is 2.00 bits per heavy atom. The lowest BCUT2D eigenvalue weighted by atomic mass is 10.0. The molecule has 1 aromatic heterocycles. The van der Waals surface area contributed by atoms with Crippen LogP contribution in [0.5, 0.6) is 5.75 Å². The maximum absolute atomic E-state index is 12.7. The van der Waals surface area contributed by atoms with Crippen LogP contribution in [0, 0.1) is 0 Å². The van der Waals surface area contributed by atoms with Crippen molar-refractivity contribution in [3.05, 3.63) is 70.3 Å². The van der Waals surface area contributed by atoms with E-state index in [-0.39, 0.29) is 36.7 Å². The van der Waals surface area contributed by atoms with Crippen LogP contribution in [0.2, 0.25) is 0 Å². The van der Waals surface area contributed by atoms with Crippen molar-refractivity contribution in [2.24, 2.45) is 0 Å². The number of nitrogens with zero attached hydrogens (tertiary/aromatic N) is 3. The Kier molecular flexibility index (Phi) is 6.75. The summed E-state index contributed by atoms with van der Waals surface area (Å²) < 4.78 is 33.6. The van der Waals surface area contributed by atoms with Gasteiger partial charge in [0.25, 0.3) is 5.56 Å². The molecule has 0 atom stereocenters. The first-order chi connectivity index (χ1) is 15.9. The van der Waals surface area contributed by atoms with Crippen molar-refractivity contribution in [3.8, 4) is 5.75 Å². The molecule has 0 spiro atoms. The smallest absolute Gasteiger partial charge is 0.261 e. The van der Waals surface area contributed by atoms with Gasteiger partial charge < -0.3 is 10.1 Å². The molecule has 2 heterocycles. The molecule has 1 aliphatic heterocycles. The molecule has 0 aliphatic carbocycles. The van der Waals surface area contributed by atoms with Gasteiger partial charge in [0.05, 0.1) is 30.1 Å². The highest BCUT2D eigenvalue weighted by molar-refractivity contribution is 7.89. The number of hydrogen-bond donors (Lipinski definition) is 1. The zero-order valence-corrected chi connectivity index (χ0v) is 19.2. The van der Waals surface area contributed by atoms with Crippen molar-refractivity contribution in [3.63, 3.8) is 0 Å². The molecule has 3 aromatic rings. The Labute approximate surface area is 192 Å². The fourth-order valence-corrected chi connectivity index (χ4v) is 5.22. The number of carbonyl (C=O) groups is 1. The third kappa shape index (κ3) is 5.23. The van der Waals surface area contributed by atoms with Gasteiger partial charge in [0, 0.05) is 32.6 Å². The lowest BCUT2D eigenvalue weighted by molar-refractivity contribution is -0.121. The van der Waals surface area contributed by atoms with Gasteiger partial charge in [-0.05, 0) is 41.8 Å². The second-order valence-corrected chi connectivity index (χ2v) is 9.98. The average molecular weight is 471 g/mol. The van der Waals surface area contributed by atoms with Gasteiger partial charge in [-0.2, -0.15) is 4.31 Å². The van der Waals surface area contributed by atoms with E-state index in [4.69, 9.17) is 4.74 Å². The molecule has 0 unspecified atom stereocenters. The largest absolute Gasteiger partial charge is 0.497 e. The molecule has 0 saturated heterocycles. The number of fused-ring (bicyclic) bond motifs is 2. The summed E-state index contributed by atoms with van der Waals surface area (Å²) in [6.07, 6.45) is 2.09. The lowest BCUT2D eigenvalue weighted by Gasteiger charge is -2.28. The average Bonchev–Trinajstić information content (AvgIpc) is 2.83. The number of hydrogen-bond acceptors (Lipinski definition) is 6. The molecule has 1 N–H and O–H groups in total. The van der Waals surface area contributed by atoms with E-state index in [9.17, 15) is 18.0 Å². The maximum atomic E-state index is 12.7. The van der Waals surface area contributed by atoms with Crippen molar-refractivity contribution in [2.45, 2.75) is 25.9 Å². The van der Waals surface area contributed by atoms with E-state index >= 15 is 0 Å². The number of nitrogens with one attached hydrogen (secondary N) is 1. The number of methoxy groups -OCH3 is 1. The normalized spacial score (nSPS) is 14.1. The minimum Gasteiger partial charge on any atom is -0.497 e. The van der Waals surface area contributed by atoms with Crippen LogP contribution in [0.25, 0.3) is 10.9 Å². The van der Waals surface area contributed by atoms with E-state index in [0.717, 1.165) is 16.9 Å². The highest BCUT2D eigenvalue weighted by Gasteiger charge is 2.26. The van der Waals surface area contributed by atoms with Crippen LogP contribution in [-0.2, 0) is 34.3 Å². The van der Waals surface area contributed by atoms with Crippen molar-refractivity contribution in [1.82, 2.24) is 19.2 Å². The molecule has 1 aliphatic rings. The molecule has 0 radical (unpaired) electrons. The van der Waals surface area contributed by atoms with Crippen LogP contribution in [0.1, 0.15) is 17.5 Å². The molecule has 0 fully saturated rings. The molecule has 0 saturated carbocycles. The minimum atomic E-state index is -3.51. The second kappa shape index (κ2) is 9.72. The van der Waals surface area contributed by atoms with Crippen LogP contribution < -0.4 is 15.6 Å². The number of rotatable bonds is 8. The summed E-state index contributed by atoms with van der Waals surface area (Å²) in [5, 5.41) is 3.14. The molecule has 174 valence electrons. The van der Waals surface area contributed by atoms with Crippen LogP contribution in [-0.4, -0.2) is 54.1 Å². The Balaban J connectivity index is 1.28. The standard InChI is InChI=1S/C23H26N4O5S/c1-32-19-7-6-18-15-27(12-8-17(18)14-19)33(30,31)13-10-24-22(28)9-11-26-16-25-21-5-3-2-4-20(21)23(26)29/h2-7,14,16H,8-13,15H2,1H3,(H,24,28). The maximum Gasteiger partial charge on any atom is 0.261 e. The molecule has 2 aromatic carbocycles. The predicted molar refractivity (Wildman–Crippen MR) is 125 cm³/mol. The Morgan fingerprint density at radius 3 is 2.82 bits per heavy atom. The number of amides is 1. The van der Waals surface area contributed by atoms with Crippen LogP contribution >= 0.6 is 0 Å². The van der Waals surface area contributed by atoms with E-state index in [1.807, 2.05) is 18.2 Å². The molecule has 33 heavy (non-hydrogen) atoms. The Bertz CT molecular complexity index is 1340. The Morgan fingerprint density at radius 1 is 1.18 bits per heavy atom. The zero-order valence-electron chi connectivity index (χ0n) is 18.4. The molecular formula is C23H26N4O5S. The van der Waals surface area contributed by atoms with Crippen LogP contribution in [0.15, 0.2) is 53.6 Å². The van der Waals surface area contributed by atoms with E-state index in [1.165, 1.54) is 15.2 Å². The van der Waals surface area contributed by atoms with Crippen molar-refractivity contribution in [1.29, 1.82) is 0 Å². The van der Waals surface area contributed by atoms with Gasteiger partial charge in [-0.15, -0.1) is 0 Å². The number of sulfonamides is 1. The number of para-hydroxylation sites is 1. The monoisotopic (exact) mass is 470 g/mol. The second-order valence-electron chi connectivity index (χ2n) is 7.89. The quantitative estimate of drug-likeness (QED) is 0.531. The molecule has 1 amide bonds. The van der Waals surface area contributed by atoms with Crippen LogP contribution in [0.3, 0.4) is 0 Å². The van der Waals surface area contributed by atoms with Gasteiger partial charge in [-0.1, -0.05) is 18.2 Å². The van der Waals surface area contributed by atoms with Gasteiger partial charge in [0.2, 0.25) is 15.9 Å². The number of ether oxygens (including phenoxy) is 1. The molecule has 4 rings (SSSR count). The summed E-state index contributed by atoms with van der Waals surface area (Å²) in [7, 11) is -1.91. The van der Waals surface area contributed by atoms with Gasteiger partial charge in [-0.3, -0.25) is 14.2 Å². The summed E-state index contributed by atoms with van der Waals surface area (Å²) in [5.74, 6) is 0.262. The fraction of sp³-hybridized carbons (Fsp3) is 0.348. The molecule has 0 bridgehead atoms. The summed E-state index contributed by atoms with van der Waals surface area (Å²) in [6.45, 7) is 0.890. The van der Waals surface area contributed by atoms with Gasteiger partial charge in [-0.25, -0.2) is 13.4 Å². The first-order valence-corrected chi connectivity index (χ1v) is 12.3. The van der Waals surface area contributed by atoms with E-state index in [0.29, 0.717) is 30.4 Å². The highest BCUT2D eigenvalue weighted by Crippen LogP contribution is 2.25.